The van der Waals surface area contributed by atoms with Crippen LogP contribution in [0.25, 0.3) is 0 Å². The average molecular weight is 263 g/mol. The van der Waals surface area contributed by atoms with Gasteiger partial charge in [-0.25, -0.2) is 0 Å². The number of hydrogen-bond donors (Lipinski definition) is 2. The molecule has 2 rings (SSSR count). The SMILES string of the molecule is CCn1cc(N)cc1C(=O)NC1CCCCC1(C)C. The number of rotatable bonds is 3. The second-order valence-electron chi connectivity index (χ2n) is 6.21. The monoisotopic (exact) mass is 263 g/mol. The summed E-state index contributed by atoms with van der Waals surface area (Å²) in [6.45, 7) is 7.25. The Hall–Kier alpha value is -1.45. The van der Waals surface area contributed by atoms with Crippen LogP contribution in [0.4, 0.5) is 5.69 Å². The van der Waals surface area contributed by atoms with Gasteiger partial charge in [-0.05, 0) is 31.2 Å². The Kier molecular flexibility index (Phi) is 3.88. The van der Waals surface area contributed by atoms with Crippen molar-refractivity contribution in [2.75, 3.05) is 5.73 Å². The van der Waals surface area contributed by atoms with E-state index >= 15 is 0 Å². The van der Waals surface area contributed by atoms with Gasteiger partial charge in [0.1, 0.15) is 5.69 Å². The molecule has 1 heterocycles. The van der Waals surface area contributed by atoms with Crippen LogP contribution in [-0.2, 0) is 6.54 Å². The second kappa shape index (κ2) is 5.27. The van der Waals surface area contributed by atoms with Crippen LogP contribution in [0.3, 0.4) is 0 Å². The topological polar surface area (TPSA) is 60.0 Å². The van der Waals surface area contributed by atoms with E-state index in [1.165, 1.54) is 19.3 Å². The molecule has 1 aromatic rings. The van der Waals surface area contributed by atoms with Crippen molar-refractivity contribution in [1.29, 1.82) is 0 Å². The van der Waals surface area contributed by atoms with Crippen LogP contribution in [-0.4, -0.2) is 16.5 Å². The van der Waals surface area contributed by atoms with E-state index in [1.807, 2.05) is 17.7 Å². The maximum Gasteiger partial charge on any atom is 0.268 e. The molecule has 1 aliphatic rings. The molecule has 1 unspecified atom stereocenters. The highest BCUT2D eigenvalue weighted by molar-refractivity contribution is 5.94. The molecule has 1 fully saturated rings. The maximum atomic E-state index is 12.4. The first-order valence-corrected chi connectivity index (χ1v) is 7.20. The lowest BCUT2D eigenvalue weighted by atomic mass is 9.73. The van der Waals surface area contributed by atoms with Crippen LogP contribution in [0.1, 0.15) is 56.9 Å². The third-order valence-corrected chi connectivity index (χ3v) is 4.30. The molecule has 1 atom stereocenters. The summed E-state index contributed by atoms with van der Waals surface area (Å²) in [6, 6.07) is 2.02. The summed E-state index contributed by atoms with van der Waals surface area (Å²) in [5.74, 6) is -0.00137. The maximum absolute atomic E-state index is 12.4. The van der Waals surface area contributed by atoms with Gasteiger partial charge >= 0.3 is 0 Å². The highest BCUT2D eigenvalue weighted by Crippen LogP contribution is 2.35. The van der Waals surface area contributed by atoms with Crippen molar-refractivity contribution >= 4 is 11.6 Å². The number of hydrogen-bond acceptors (Lipinski definition) is 2. The Balaban J connectivity index is 2.12. The summed E-state index contributed by atoms with van der Waals surface area (Å²) in [5, 5.41) is 3.20. The van der Waals surface area contributed by atoms with E-state index in [4.69, 9.17) is 5.73 Å². The molecule has 0 aliphatic heterocycles. The van der Waals surface area contributed by atoms with Crippen molar-refractivity contribution in [3.63, 3.8) is 0 Å². The number of carbonyl (C=O) groups excluding carboxylic acids is 1. The van der Waals surface area contributed by atoms with Crippen molar-refractivity contribution in [2.45, 2.75) is 59.0 Å². The quantitative estimate of drug-likeness (QED) is 0.881. The number of nitrogen functional groups attached to an aromatic ring is 1. The molecule has 1 saturated carbocycles. The van der Waals surface area contributed by atoms with Gasteiger partial charge in [-0.3, -0.25) is 4.79 Å². The smallest absolute Gasteiger partial charge is 0.268 e. The third-order valence-electron chi connectivity index (χ3n) is 4.30. The van der Waals surface area contributed by atoms with Crippen LogP contribution >= 0.6 is 0 Å². The Morgan fingerprint density at radius 3 is 2.89 bits per heavy atom. The molecule has 4 heteroatoms. The third kappa shape index (κ3) is 2.94. The minimum atomic E-state index is -0.00137. The number of nitrogens with zero attached hydrogens (tertiary/aromatic N) is 1. The standard InChI is InChI=1S/C15H25N3O/c1-4-18-10-11(16)9-12(18)14(19)17-13-7-5-6-8-15(13,2)3/h9-10,13H,4-8,16H2,1-3H3,(H,17,19). The van der Waals surface area contributed by atoms with Gasteiger partial charge in [-0.2, -0.15) is 0 Å². The van der Waals surface area contributed by atoms with Crippen molar-refractivity contribution in [3.05, 3.63) is 18.0 Å². The Labute approximate surface area is 115 Å². The molecule has 0 aromatic carbocycles. The van der Waals surface area contributed by atoms with Gasteiger partial charge in [0.05, 0.1) is 5.69 Å². The van der Waals surface area contributed by atoms with E-state index < -0.39 is 0 Å². The Morgan fingerprint density at radius 2 is 2.26 bits per heavy atom. The molecule has 1 amide bonds. The van der Waals surface area contributed by atoms with Gasteiger partial charge in [0.2, 0.25) is 0 Å². The Bertz CT molecular complexity index is 462. The van der Waals surface area contributed by atoms with Crippen molar-refractivity contribution in [1.82, 2.24) is 9.88 Å². The lowest BCUT2D eigenvalue weighted by molar-refractivity contribution is 0.0844. The molecule has 0 radical (unpaired) electrons. The number of aryl methyl sites for hydroxylation is 1. The second-order valence-corrected chi connectivity index (χ2v) is 6.21. The lowest BCUT2D eigenvalue weighted by Gasteiger charge is -2.39. The van der Waals surface area contributed by atoms with Gasteiger partial charge in [0.25, 0.3) is 5.91 Å². The molecule has 19 heavy (non-hydrogen) atoms. The van der Waals surface area contributed by atoms with Gasteiger partial charge in [-0.15, -0.1) is 0 Å². The number of nitrogens with one attached hydrogen (secondary N) is 1. The zero-order valence-corrected chi connectivity index (χ0v) is 12.2. The molecule has 0 saturated heterocycles. The fourth-order valence-corrected chi connectivity index (χ4v) is 2.98. The molecular weight excluding hydrogens is 238 g/mol. The molecule has 106 valence electrons. The van der Waals surface area contributed by atoms with Crippen LogP contribution in [0, 0.1) is 5.41 Å². The summed E-state index contributed by atoms with van der Waals surface area (Å²) >= 11 is 0. The fourth-order valence-electron chi connectivity index (χ4n) is 2.98. The zero-order chi connectivity index (χ0) is 14.0. The number of aromatic nitrogens is 1. The van der Waals surface area contributed by atoms with Crippen LogP contribution in [0.5, 0.6) is 0 Å². The van der Waals surface area contributed by atoms with Crippen LogP contribution in [0.2, 0.25) is 0 Å². The van der Waals surface area contributed by atoms with E-state index in [1.54, 1.807) is 6.07 Å². The van der Waals surface area contributed by atoms with E-state index in [9.17, 15) is 4.79 Å². The molecule has 4 nitrogen and oxygen atoms in total. The van der Waals surface area contributed by atoms with E-state index in [2.05, 4.69) is 19.2 Å². The molecule has 0 spiro atoms. The summed E-state index contributed by atoms with van der Waals surface area (Å²) in [6.07, 6.45) is 6.53. The molecule has 3 N–H and O–H groups in total. The number of amides is 1. The fraction of sp³-hybridized carbons (Fsp3) is 0.667. The average Bonchev–Trinajstić information content (AvgIpc) is 2.73. The minimum Gasteiger partial charge on any atom is -0.397 e. The zero-order valence-electron chi connectivity index (χ0n) is 12.2. The van der Waals surface area contributed by atoms with Crippen LogP contribution < -0.4 is 11.1 Å². The van der Waals surface area contributed by atoms with E-state index in [0.717, 1.165) is 13.0 Å². The first-order chi connectivity index (χ1) is 8.94. The van der Waals surface area contributed by atoms with E-state index in [0.29, 0.717) is 11.4 Å². The minimum absolute atomic E-state index is 0.00137. The number of nitrogens with two attached hydrogens (primary N) is 1. The molecule has 1 aliphatic carbocycles. The number of carbonyl (C=O) groups is 1. The summed E-state index contributed by atoms with van der Waals surface area (Å²) < 4.78 is 1.90. The van der Waals surface area contributed by atoms with Gasteiger partial charge in [0, 0.05) is 18.8 Å². The first kappa shape index (κ1) is 14.0. The number of anilines is 1. The van der Waals surface area contributed by atoms with Gasteiger partial charge in [0.15, 0.2) is 0 Å². The van der Waals surface area contributed by atoms with Gasteiger partial charge < -0.3 is 15.6 Å². The lowest BCUT2D eigenvalue weighted by Crippen LogP contribution is -2.47. The summed E-state index contributed by atoms with van der Waals surface area (Å²) in [4.78, 5) is 12.4. The van der Waals surface area contributed by atoms with Crippen molar-refractivity contribution in [3.8, 4) is 0 Å². The highest BCUT2D eigenvalue weighted by atomic mass is 16.2. The summed E-state index contributed by atoms with van der Waals surface area (Å²) in [7, 11) is 0. The first-order valence-electron chi connectivity index (χ1n) is 7.20. The van der Waals surface area contributed by atoms with Gasteiger partial charge in [-0.1, -0.05) is 26.7 Å². The molecule has 1 aromatic heterocycles. The van der Waals surface area contributed by atoms with Crippen molar-refractivity contribution in [2.24, 2.45) is 5.41 Å². The Morgan fingerprint density at radius 1 is 1.53 bits per heavy atom. The summed E-state index contributed by atoms with van der Waals surface area (Å²) in [5.41, 5.74) is 7.28. The van der Waals surface area contributed by atoms with E-state index in [-0.39, 0.29) is 17.4 Å². The highest BCUT2D eigenvalue weighted by Gasteiger charge is 2.33. The van der Waals surface area contributed by atoms with Crippen molar-refractivity contribution < 1.29 is 4.79 Å². The normalized spacial score (nSPS) is 22.2. The largest absolute Gasteiger partial charge is 0.397 e. The van der Waals surface area contributed by atoms with Crippen LogP contribution in [0.15, 0.2) is 12.3 Å². The molecular formula is C15H25N3O. The molecule has 0 bridgehead atoms. The predicted molar refractivity (Wildman–Crippen MR) is 78.0 cm³/mol. The predicted octanol–water partition coefficient (Wildman–Crippen LogP) is 2.79.